The highest BCUT2D eigenvalue weighted by Crippen LogP contribution is 2.57. The third-order valence-corrected chi connectivity index (χ3v) is 6.72. The third-order valence-electron chi connectivity index (χ3n) is 6.72. The fourth-order valence-electron chi connectivity index (χ4n) is 4.60. The minimum atomic E-state index is -0.357. The maximum atomic E-state index is 12.6. The summed E-state index contributed by atoms with van der Waals surface area (Å²) in [5.74, 6) is 0.614. The largest absolute Gasteiger partial charge is 0.472 e. The Labute approximate surface area is 138 Å². The summed E-state index contributed by atoms with van der Waals surface area (Å²) in [5.41, 5.74) is 1.98. The number of carbonyl (C=O) groups is 1. The van der Waals surface area contributed by atoms with E-state index in [1.807, 2.05) is 12.1 Å². The summed E-state index contributed by atoms with van der Waals surface area (Å²) in [4.78, 5) is 12.6. The second-order valence-corrected chi connectivity index (χ2v) is 8.23. The molecule has 3 rings (SSSR count). The van der Waals surface area contributed by atoms with E-state index in [1.54, 1.807) is 12.5 Å². The number of ketones is 1. The predicted molar refractivity (Wildman–Crippen MR) is 89.9 cm³/mol. The molecular weight excluding hydrogens is 288 g/mol. The van der Waals surface area contributed by atoms with Gasteiger partial charge in [-0.3, -0.25) is 4.79 Å². The standard InChI is InChI=1S/C20H28O3/c1-13-17(21)11-16-15(5-6-18(22)19(16,2)3)20(13,4)9-7-14-8-10-23-12-14/h8,10-13,15,18,22H,5-7,9H2,1-4H3/t13-,15+,18+,20+/m0/s1. The van der Waals surface area contributed by atoms with Gasteiger partial charge >= 0.3 is 0 Å². The molecule has 126 valence electrons. The van der Waals surface area contributed by atoms with E-state index in [0.29, 0.717) is 5.92 Å². The molecule has 1 aromatic heterocycles. The minimum absolute atomic E-state index is 0.0224. The fraction of sp³-hybridized carbons (Fsp3) is 0.650. The van der Waals surface area contributed by atoms with Gasteiger partial charge in [-0.2, -0.15) is 0 Å². The van der Waals surface area contributed by atoms with Gasteiger partial charge in [0.1, 0.15) is 0 Å². The zero-order valence-corrected chi connectivity index (χ0v) is 14.6. The molecule has 0 unspecified atom stereocenters. The van der Waals surface area contributed by atoms with Crippen molar-refractivity contribution in [2.24, 2.45) is 22.7 Å². The number of carbonyl (C=O) groups excluding carboxylic acids is 1. The lowest BCUT2D eigenvalue weighted by Crippen LogP contribution is -2.50. The van der Waals surface area contributed by atoms with Crippen LogP contribution in [0.5, 0.6) is 0 Å². The molecule has 3 heteroatoms. The van der Waals surface area contributed by atoms with E-state index >= 15 is 0 Å². The lowest BCUT2D eigenvalue weighted by atomic mass is 9.51. The van der Waals surface area contributed by atoms with Crippen LogP contribution in [0.4, 0.5) is 0 Å². The number of rotatable bonds is 3. The van der Waals surface area contributed by atoms with Crippen LogP contribution in [-0.2, 0) is 11.2 Å². The molecule has 1 N–H and O–H groups in total. The Bertz CT molecular complexity index is 611. The van der Waals surface area contributed by atoms with Gasteiger partial charge in [0.2, 0.25) is 0 Å². The van der Waals surface area contributed by atoms with Crippen molar-refractivity contribution in [3.8, 4) is 0 Å². The molecule has 0 aliphatic heterocycles. The van der Waals surface area contributed by atoms with E-state index < -0.39 is 0 Å². The Balaban J connectivity index is 1.93. The van der Waals surface area contributed by atoms with Crippen molar-refractivity contribution in [1.82, 2.24) is 0 Å². The average molecular weight is 316 g/mol. The summed E-state index contributed by atoms with van der Waals surface area (Å²) >= 11 is 0. The van der Waals surface area contributed by atoms with Gasteiger partial charge in [-0.05, 0) is 54.7 Å². The number of aliphatic hydroxyl groups excluding tert-OH is 1. The predicted octanol–water partition coefficient (Wildman–Crippen LogP) is 4.16. The van der Waals surface area contributed by atoms with Crippen molar-refractivity contribution in [2.45, 2.75) is 59.5 Å². The maximum Gasteiger partial charge on any atom is 0.159 e. The molecule has 0 radical (unpaired) electrons. The molecular formula is C20H28O3. The second-order valence-electron chi connectivity index (χ2n) is 8.23. The second kappa shape index (κ2) is 5.62. The van der Waals surface area contributed by atoms with Crippen LogP contribution in [0, 0.1) is 22.7 Å². The normalized spacial score (nSPS) is 36.5. The highest BCUT2D eigenvalue weighted by atomic mass is 16.3. The number of aryl methyl sites for hydroxylation is 1. The number of hydrogen-bond acceptors (Lipinski definition) is 3. The van der Waals surface area contributed by atoms with Crippen LogP contribution in [0.25, 0.3) is 0 Å². The lowest BCUT2D eigenvalue weighted by Gasteiger charge is -2.53. The summed E-state index contributed by atoms with van der Waals surface area (Å²) in [5, 5.41) is 10.4. The molecule has 4 atom stereocenters. The van der Waals surface area contributed by atoms with Gasteiger partial charge in [-0.25, -0.2) is 0 Å². The van der Waals surface area contributed by atoms with Crippen LogP contribution < -0.4 is 0 Å². The molecule has 23 heavy (non-hydrogen) atoms. The van der Waals surface area contributed by atoms with Crippen molar-refractivity contribution in [1.29, 1.82) is 0 Å². The molecule has 1 fully saturated rings. The van der Waals surface area contributed by atoms with E-state index in [-0.39, 0.29) is 28.6 Å². The molecule has 2 aliphatic carbocycles. The number of aliphatic hydroxyl groups is 1. The maximum absolute atomic E-state index is 12.6. The molecule has 3 nitrogen and oxygen atoms in total. The van der Waals surface area contributed by atoms with Crippen LogP contribution in [0.15, 0.2) is 34.7 Å². The van der Waals surface area contributed by atoms with Gasteiger partial charge in [0.05, 0.1) is 18.6 Å². The fourth-order valence-corrected chi connectivity index (χ4v) is 4.60. The van der Waals surface area contributed by atoms with Gasteiger partial charge in [0.25, 0.3) is 0 Å². The Morgan fingerprint density at radius 3 is 2.70 bits per heavy atom. The van der Waals surface area contributed by atoms with Crippen molar-refractivity contribution in [3.63, 3.8) is 0 Å². The topological polar surface area (TPSA) is 50.4 Å². The van der Waals surface area contributed by atoms with Crippen LogP contribution >= 0.6 is 0 Å². The molecule has 1 saturated carbocycles. The molecule has 0 amide bonds. The molecule has 1 heterocycles. The van der Waals surface area contributed by atoms with Crippen LogP contribution in [0.1, 0.15) is 52.5 Å². The Morgan fingerprint density at radius 1 is 1.30 bits per heavy atom. The average Bonchev–Trinajstić information content (AvgIpc) is 3.01. The first-order valence-electron chi connectivity index (χ1n) is 8.72. The van der Waals surface area contributed by atoms with E-state index in [1.165, 1.54) is 5.56 Å². The Kier molecular flexibility index (Phi) is 4.04. The lowest BCUT2D eigenvalue weighted by molar-refractivity contribution is -0.126. The molecule has 1 aromatic rings. The van der Waals surface area contributed by atoms with E-state index in [2.05, 4.69) is 27.7 Å². The van der Waals surface area contributed by atoms with E-state index in [9.17, 15) is 9.90 Å². The monoisotopic (exact) mass is 316 g/mol. The van der Waals surface area contributed by atoms with Crippen molar-refractivity contribution < 1.29 is 14.3 Å². The van der Waals surface area contributed by atoms with Gasteiger partial charge in [0.15, 0.2) is 5.78 Å². The Hall–Kier alpha value is -1.35. The number of furan rings is 1. The number of hydrogen-bond donors (Lipinski definition) is 1. The first kappa shape index (κ1) is 16.5. The van der Waals surface area contributed by atoms with Crippen molar-refractivity contribution >= 4 is 5.78 Å². The molecule has 0 bridgehead atoms. The Morgan fingerprint density at radius 2 is 2.04 bits per heavy atom. The summed E-state index contributed by atoms with van der Waals surface area (Å²) in [6.45, 7) is 8.49. The summed E-state index contributed by atoms with van der Waals surface area (Å²) < 4.78 is 5.18. The first-order chi connectivity index (χ1) is 10.8. The first-order valence-corrected chi connectivity index (χ1v) is 8.72. The number of fused-ring (bicyclic) bond motifs is 1. The molecule has 0 aromatic carbocycles. The zero-order chi connectivity index (χ0) is 16.8. The minimum Gasteiger partial charge on any atom is -0.472 e. The number of allylic oxidation sites excluding steroid dienone is 1. The zero-order valence-electron chi connectivity index (χ0n) is 14.6. The van der Waals surface area contributed by atoms with Gasteiger partial charge in [-0.1, -0.05) is 33.3 Å². The van der Waals surface area contributed by atoms with Gasteiger partial charge < -0.3 is 9.52 Å². The highest BCUT2D eigenvalue weighted by Gasteiger charge is 2.52. The van der Waals surface area contributed by atoms with Crippen molar-refractivity contribution in [2.75, 3.05) is 0 Å². The van der Waals surface area contributed by atoms with E-state index in [0.717, 1.165) is 31.3 Å². The summed E-state index contributed by atoms with van der Waals surface area (Å²) in [7, 11) is 0. The molecule has 2 aliphatic rings. The highest BCUT2D eigenvalue weighted by molar-refractivity contribution is 5.94. The summed E-state index contributed by atoms with van der Waals surface area (Å²) in [6.07, 6.45) is 8.67. The molecule has 0 spiro atoms. The van der Waals surface area contributed by atoms with Crippen LogP contribution in [0.2, 0.25) is 0 Å². The smallest absolute Gasteiger partial charge is 0.159 e. The third kappa shape index (κ3) is 2.59. The summed E-state index contributed by atoms with van der Waals surface area (Å²) in [6, 6.07) is 2.00. The SMILES string of the molecule is C[C@H]1C(=O)C=C2[C@@H](CC[C@@H](O)C2(C)C)[C@]1(C)CCc1ccoc1. The van der Waals surface area contributed by atoms with Crippen molar-refractivity contribution in [3.05, 3.63) is 35.8 Å². The quantitative estimate of drug-likeness (QED) is 0.911. The van der Waals surface area contributed by atoms with Gasteiger partial charge in [0, 0.05) is 11.3 Å². The van der Waals surface area contributed by atoms with E-state index in [4.69, 9.17) is 4.42 Å². The van der Waals surface area contributed by atoms with Crippen LogP contribution in [0.3, 0.4) is 0 Å². The van der Waals surface area contributed by atoms with Gasteiger partial charge in [-0.15, -0.1) is 0 Å². The van der Waals surface area contributed by atoms with Crippen LogP contribution in [-0.4, -0.2) is 17.0 Å². The molecule has 0 saturated heterocycles.